The first-order chi connectivity index (χ1) is 9.02. The minimum Gasteiger partial charge on any atom is -0.345 e. The topological polar surface area (TPSA) is 67.6 Å². The zero-order chi connectivity index (χ0) is 14.0. The molecule has 0 aliphatic rings. The SMILES string of the molecule is Cc1[nH]c(C(CN)C(C)C)nc1-c1ccc(F)cn1. The van der Waals surface area contributed by atoms with Crippen molar-refractivity contribution in [3.63, 3.8) is 0 Å². The predicted molar refractivity (Wildman–Crippen MR) is 73.1 cm³/mol. The van der Waals surface area contributed by atoms with Crippen molar-refractivity contribution in [1.82, 2.24) is 15.0 Å². The van der Waals surface area contributed by atoms with Gasteiger partial charge in [-0.25, -0.2) is 9.37 Å². The molecule has 2 heterocycles. The van der Waals surface area contributed by atoms with Crippen molar-refractivity contribution >= 4 is 0 Å². The number of hydrogen-bond donors (Lipinski definition) is 2. The van der Waals surface area contributed by atoms with Crippen LogP contribution in [0.15, 0.2) is 18.3 Å². The highest BCUT2D eigenvalue weighted by Crippen LogP contribution is 2.26. The number of nitrogens with zero attached hydrogens (tertiary/aromatic N) is 2. The first-order valence-electron chi connectivity index (χ1n) is 6.41. The Morgan fingerprint density at radius 2 is 2.11 bits per heavy atom. The number of aromatic nitrogens is 3. The lowest BCUT2D eigenvalue weighted by atomic mass is 9.95. The largest absolute Gasteiger partial charge is 0.345 e. The number of rotatable bonds is 4. The molecular formula is C14H19FN4. The number of aromatic amines is 1. The van der Waals surface area contributed by atoms with Crippen LogP contribution >= 0.6 is 0 Å². The molecule has 0 amide bonds. The lowest BCUT2D eigenvalue weighted by Gasteiger charge is -2.15. The van der Waals surface area contributed by atoms with Crippen molar-refractivity contribution in [3.05, 3.63) is 35.7 Å². The van der Waals surface area contributed by atoms with Crippen LogP contribution in [0.2, 0.25) is 0 Å². The van der Waals surface area contributed by atoms with Crippen LogP contribution in [-0.4, -0.2) is 21.5 Å². The lowest BCUT2D eigenvalue weighted by Crippen LogP contribution is -2.19. The quantitative estimate of drug-likeness (QED) is 0.890. The highest BCUT2D eigenvalue weighted by atomic mass is 19.1. The Morgan fingerprint density at radius 3 is 2.63 bits per heavy atom. The van der Waals surface area contributed by atoms with Gasteiger partial charge in [-0.1, -0.05) is 13.8 Å². The second-order valence-corrected chi connectivity index (χ2v) is 5.04. The van der Waals surface area contributed by atoms with E-state index in [4.69, 9.17) is 5.73 Å². The molecule has 0 radical (unpaired) electrons. The van der Waals surface area contributed by atoms with Crippen LogP contribution in [0.25, 0.3) is 11.4 Å². The predicted octanol–water partition coefficient (Wildman–Crippen LogP) is 2.62. The fourth-order valence-corrected chi connectivity index (χ4v) is 2.12. The van der Waals surface area contributed by atoms with E-state index in [0.717, 1.165) is 17.2 Å². The lowest BCUT2D eigenvalue weighted by molar-refractivity contribution is 0.487. The van der Waals surface area contributed by atoms with E-state index in [-0.39, 0.29) is 11.7 Å². The van der Waals surface area contributed by atoms with Crippen LogP contribution in [0.3, 0.4) is 0 Å². The summed E-state index contributed by atoms with van der Waals surface area (Å²) >= 11 is 0. The third kappa shape index (κ3) is 2.81. The summed E-state index contributed by atoms with van der Waals surface area (Å²) < 4.78 is 12.9. The first kappa shape index (κ1) is 13.7. The summed E-state index contributed by atoms with van der Waals surface area (Å²) in [5, 5.41) is 0. The molecular weight excluding hydrogens is 243 g/mol. The molecule has 5 heteroatoms. The molecule has 2 aromatic heterocycles. The maximum absolute atomic E-state index is 12.9. The number of pyridine rings is 1. The van der Waals surface area contributed by atoms with Gasteiger partial charge in [0.05, 0.1) is 11.9 Å². The molecule has 2 rings (SSSR count). The number of imidazole rings is 1. The molecule has 0 aliphatic carbocycles. The van der Waals surface area contributed by atoms with Crippen LogP contribution in [0.4, 0.5) is 4.39 Å². The van der Waals surface area contributed by atoms with Crippen LogP contribution in [0.5, 0.6) is 0 Å². The third-order valence-electron chi connectivity index (χ3n) is 3.28. The van der Waals surface area contributed by atoms with Gasteiger partial charge >= 0.3 is 0 Å². The van der Waals surface area contributed by atoms with Gasteiger partial charge in [0, 0.05) is 18.2 Å². The summed E-state index contributed by atoms with van der Waals surface area (Å²) in [6.07, 6.45) is 1.20. The maximum Gasteiger partial charge on any atom is 0.141 e. The van der Waals surface area contributed by atoms with Gasteiger partial charge in [0.25, 0.3) is 0 Å². The molecule has 102 valence electrons. The second-order valence-electron chi connectivity index (χ2n) is 5.04. The molecule has 0 aromatic carbocycles. The van der Waals surface area contributed by atoms with Crippen molar-refractivity contribution in [3.8, 4) is 11.4 Å². The minimum absolute atomic E-state index is 0.188. The Labute approximate surface area is 112 Å². The average molecular weight is 262 g/mol. The number of hydrogen-bond acceptors (Lipinski definition) is 3. The number of nitrogens with one attached hydrogen (secondary N) is 1. The molecule has 3 N–H and O–H groups in total. The smallest absolute Gasteiger partial charge is 0.141 e. The van der Waals surface area contributed by atoms with E-state index < -0.39 is 0 Å². The van der Waals surface area contributed by atoms with Crippen LogP contribution in [0.1, 0.15) is 31.3 Å². The van der Waals surface area contributed by atoms with Crippen LogP contribution in [0, 0.1) is 18.7 Å². The van der Waals surface area contributed by atoms with E-state index in [9.17, 15) is 4.39 Å². The molecule has 0 bridgehead atoms. The Kier molecular flexibility index (Phi) is 3.95. The summed E-state index contributed by atoms with van der Waals surface area (Å²) in [6, 6.07) is 3.02. The van der Waals surface area contributed by atoms with Gasteiger partial charge in [0.15, 0.2) is 0 Å². The zero-order valence-corrected chi connectivity index (χ0v) is 11.4. The standard InChI is InChI=1S/C14H19FN4/c1-8(2)11(6-16)14-18-9(3)13(19-14)12-5-4-10(15)7-17-12/h4-5,7-8,11H,6,16H2,1-3H3,(H,18,19). The molecule has 2 aromatic rings. The highest BCUT2D eigenvalue weighted by molar-refractivity contribution is 5.57. The van der Waals surface area contributed by atoms with Crippen LogP contribution in [-0.2, 0) is 0 Å². The van der Waals surface area contributed by atoms with Gasteiger partial charge in [-0.3, -0.25) is 4.98 Å². The summed E-state index contributed by atoms with van der Waals surface area (Å²) in [6.45, 7) is 6.71. The molecule has 1 atom stereocenters. The summed E-state index contributed by atoms with van der Waals surface area (Å²) in [7, 11) is 0. The van der Waals surface area contributed by atoms with Crippen LogP contribution < -0.4 is 5.73 Å². The number of H-pyrrole nitrogens is 1. The van der Waals surface area contributed by atoms with Gasteiger partial charge < -0.3 is 10.7 Å². The fraction of sp³-hybridized carbons (Fsp3) is 0.429. The normalized spacial score (nSPS) is 12.9. The van der Waals surface area contributed by atoms with E-state index in [1.54, 1.807) is 6.07 Å². The molecule has 0 spiro atoms. The van der Waals surface area contributed by atoms with Crippen molar-refractivity contribution in [1.29, 1.82) is 0 Å². The van der Waals surface area contributed by atoms with Gasteiger partial charge in [-0.2, -0.15) is 0 Å². The van der Waals surface area contributed by atoms with E-state index in [0.29, 0.717) is 18.2 Å². The second kappa shape index (κ2) is 5.48. The maximum atomic E-state index is 12.9. The Balaban J connectivity index is 2.38. The Hall–Kier alpha value is -1.75. The fourth-order valence-electron chi connectivity index (χ4n) is 2.12. The molecule has 0 aliphatic heterocycles. The van der Waals surface area contributed by atoms with Gasteiger partial charge in [0.2, 0.25) is 0 Å². The van der Waals surface area contributed by atoms with E-state index in [2.05, 4.69) is 28.8 Å². The van der Waals surface area contributed by atoms with Gasteiger partial charge in [0.1, 0.15) is 17.3 Å². The molecule has 0 saturated carbocycles. The molecule has 4 nitrogen and oxygen atoms in total. The third-order valence-corrected chi connectivity index (χ3v) is 3.28. The van der Waals surface area contributed by atoms with E-state index >= 15 is 0 Å². The van der Waals surface area contributed by atoms with Crippen molar-refractivity contribution < 1.29 is 4.39 Å². The Bertz CT molecular complexity index is 545. The number of halogens is 1. The first-order valence-corrected chi connectivity index (χ1v) is 6.41. The van der Waals surface area contributed by atoms with Gasteiger partial charge in [-0.05, 0) is 25.0 Å². The zero-order valence-electron chi connectivity index (χ0n) is 11.4. The average Bonchev–Trinajstić information content (AvgIpc) is 2.72. The number of nitrogens with two attached hydrogens (primary N) is 1. The van der Waals surface area contributed by atoms with Gasteiger partial charge in [-0.15, -0.1) is 0 Å². The summed E-state index contributed by atoms with van der Waals surface area (Å²) in [4.78, 5) is 11.9. The molecule has 0 fully saturated rings. The minimum atomic E-state index is -0.348. The summed E-state index contributed by atoms with van der Waals surface area (Å²) in [5.74, 6) is 1.12. The van der Waals surface area contributed by atoms with Crippen molar-refractivity contribution in [2.24, 2.45) is 11.7 Å². The highest BCUT2D eigenvalue weighted by Gasteiger charge is 2.20. The van der Waals surface area contributed by atoms with E-state index in [1.807, 2.05) is 6.92 Å². The monoisotopic (exact) mass is 262 g/mol. The molecule has 1 unspecified atom stereocenters. The molecule has 0 saturated heterocycles. The van der Waals surface area contributed by atoms with Crippen molar-refractivity contribution in [2.75, 3.05) is 6.54 Å². The van der Waals surface area contributed by atoms with Crippen molar-refractivity contribution in [2.45, 2.75) is 26.7 Å². The summed E-state index contributed by atoms with van der Waals surface area (Å²) in [5.41, 5.74) is 8.15. The molecule has 19 heavy (non-hydrogen) atoms. The van der Waals surface area contributed by atoms with E-state index in [1.165, 1.54) is 12.3 Å². The number of aryl methyl sites for hydroxylation is 1. The Morgan fingerprint density at radius 1 is 1.37 bits per heavy atom.